The first kappa shape index (κ1) is 7.92. The molecule has 1 aliphatic rings. The summed E-state index contributed by atoms with van der Waals surface area (Å²) < 4.78 is 0. The molecule has 1 rings (SSSR count). The molecule has 1 aliphatic carbocycles. The summed E-state index contributed by atoms with van der Waals surface area (Å²) in [7, 11) is 0. The van der Waals surface area contributed by atoms with E-state index in [1.165, 1.54) is 12.8 Å². The molecule has 1 saturated carbocycles. The van der Waals surface area contributed by atoms with Crippen LogP contribution in [0.3, 0.4) is 0 Å². The van der Waals surface area contributed by atoms with Crippen LogP contribution in [-0.4, -0.2) is 11.2 Å². The Hall–Kier alpha value is -0.180. The van der Waals surface area contributed by atoms with E-state index < -0.39 is 0 Å². The summed E-state index contributed by atoms with van der Waals surface area (Å²) in [5.74, 6) is 0.177. The van der Waals surface area contributed by atoms with E-state index in [0.717, 1.165) is 12.8 Å². The van der Waals surface area contributed by atoms with Crippen LogP contribution < -0.4 is 5.73 Å². The number of nitrogens with two attached hydrogens (primary N) is 1. The highest BCUT2D eigenvalue weighted by Crippen LogP contribution is 2.29. The minimum atomic E-state index is -0.268. The van der Waals surface area contributed by atoms with Gasteiger partial charge in [-0.1, -0.05) is 12.8 Å². The van der Waals surface area contributed by atoms with Crippen LogP contribution in [0.2, 0.25) is 0 Å². The fourth-order valence-electron chi connectivity index (χ4n) is 1.51. The van der Waals surface area contributed by atoms with Gasteiger partial charge in [-0.2, -0.15) is 12.6 Å². The van der Waals surface area contributed by atoms with E-state index in [2.05, 4.69) is 12.6 Å². The third-order valence-electron chi connectivity index (χ3n) is 2.14. The molecule has 1 atom stereocenters. The third-order valence-corrected chi connectivity index (χ3v) is 2.81. The molecule has 1 unspecified atom stereocenters. The minimum Gasteiger partial charge on any atom is -0.369 e. The van der Waals surface area contributed by atoms with Crippen LogP contribution in [0, 0.1) is 5.92 Å². The van der Waals surface area contributed by atoms with E-state index in [-0.39, 0.29) is 11.2 Å². The number of carbonyl (C=O) groups is 1. The molecule has 58 valence electrons. The van der Waals surface area contributed by atoms with Gasteiger partial charge in [0.05, 0.1) is 5.25 Å². The van der Waals surface area contributed by atoms with Gasteiger partial charge in [0.2, 0.25) is 5.91 Å². The van der Waals surface area contributed by atoms with Crippen LogP contribution >= 0.6 is 12.6 Å². The van der Waals surface area contributed by atoms with Crippen molar-refractivity contribution in [2.75, 3.05) is 0 Å². The number of thiol groups is 1. The normalized spacial score (nSPS) is 22.9. The highest BCUT2D eigenvalue weighted by Gasteiger charge is 2.25. The molecule has 0 aromatic carbocycles. The molecule has 1 amide bonds. The second-order valence-electron chi connectivity index (χ2n) is 2.89. The number of hydrogen-bond donors (Lipinski definition) is 2. The van der Waals surface area contributed by atoms with Gasteiger partial charge >= 0.3 is 0 Å². The number of carbonyl (C=O) groups excluding carboxylic acids is 1. The van der Waals surface area contributed by atoms with Crippen molar-refractivity contribution >= 4 is 18.5 Å². The zero-order chi connectivity index (χ0) is 7.56. The van der Waals surface area contributed by atoms with E-state index in [9.17, 15) is 4.79 Å². The highest BCUT2D eigenvalue weighted by molar-refractivity contribution is 7.81. The molecule has 10 heavy (non-hydrogen) atoms. The van der Waals surface area contributed by atoms with Crippen molar-refractivity contribution in [1.29, 1.82) is 0 Å². The number of primary amides is 1. The van der Waals surface area contributed by atoms with Crippen molar-refractivity contribution in [2.24, 2.45) is 11.7 Å². The summed E-state index contributed by atoms with van der Waals surface area (Å²) in [6.07, 6.45) is 4.71. The molecule has 2 nitrogen and oxygen atoms in total. The zero-order valence-electron chi connectivity index (χ0n) is 5.92. The van der Waals surface area contributed by atoms with Gasteiger partial charge in [-0.3, -0.25) is 4.79 Å². The maximum atomic E-state index is 10.6. The second-order valence-corrected chi connectivity index (χ2v) is 3.45. The van der Waals surface area contributed by atoms with Gasteiger partial charge in [0.1, 0.15) is 0 Å². The predicted molar refractivity (Wildman–Crippen MR) is 43.9 cm³/mol. The maximum Gasteiger partial charge on any atom is 0.230 e. The summed E-state index contributed by atoms with van der Waals surface area (Å²) in [5.41, 5.74) is 5.10. The van der Waals surface area contributed by atoms with Gasteiger partial charge in [-0.25, -0.2) is 0 Å². The van der Waals surface area contributed by atoms with Crippen molar-refractivity contribution in [3.63, 3.8) is 0 Å². The monoisotopic (exact) mass is 159 g/mol. The summed E-state index contributed by atoms with van der Waals surface area (Å²) in [6, 6.07) is 0. The Morgan fingerprint density at radius 1 is 1.50 bits per heavy atom. The van der Waals surface area contributed by atoms with E-state index >= 15 is 0 Å². The summed E-state index contributed by atoms with van der Waals surface area (Å²) >= 11 is 4.15. The lowest BCUT2D eigenvalue weighted by Gasteiger charge is -2.12. The maximum absolute atomic E-state index is 10.6. The average molecular weight is 159 g/mol. The minimum absolute atomic E-state index is 0.206. The summed E-state index contributed by atoms with van der Waals surface area (Å²) in [4.78, 5) is 10.6. The fraction of sp³-hybridized carbons (Fsp3) is 0.857. The molecule has 0 aliphatic heterocycles. The van der Waals surface area contributed by atoms with E-state index in [4.69, 9.17) is 5.73 Å². The first-order chi connectivity index (χ1) is 4.72. The quantitative estimate of drug-likeness (QED) is 0.579. The van der Waals surface area contributed by atoms with Gasteiger partial charge in [-0.15, -0.1) is 0 Å². The lowest BCUT2D eigenvalue weighted by molar-refractivity contribution is -0.118. The largest absolute Gasteiger partial charge is 0.369 e. The molecule has 0 spiro atoms. The Balaban J connectivity index is 2.39. The van der Waals surface area contributed by atoms with Crippen LogP contribution in [0.5, 0.6) is 0 Å². The molecule has 0 aromatic rings. The standard InChI is InChI=1S/C7H13NOS/c8-7(9)6(10)5-3-1-2-4-5/h5-6,10H,1-4H2,(H2,8,9). The summed E-state index contributed by atoms with van der Waals surface area (Å²) in [6.45, 7) is 0. The van der Waals surface area contributed by atoms with Crippen LogP contribution in [0.1, 0.15) is 25.7 Å². The van der Waals surface area contributed by atoms with Crippen molar-refractivity contribution in [1.82, 2.24) is 0 Å². The van der Waals surface area contributed by atoms with Gasteiger partial charge in [0.25, 0.3) is 0 Å². The van der Waals surface area contributed by atoms with E-state index in [1.807, 2.05) is 0 Å². The number of rotatable bonds is 2. The smallest absolute Gasteiger partial charge is 0.230 e. The molecular weight excluding hydrogens is 146 g/mol. The number of amides is 1. The molecule has 0 radical (unpaired) electrons. The molecule has 0 heterocycles. The Morgan fingerprint density at radius 3 is 2.40 bits per heavy atom. The lowest BCUT2D eigenvalue weighted by atomic mass is 10.0. The number of hydrogen-bond acceptors (Lipinski definition) is 2. The Kier molecular flexibility index (Phi) is 2.60. The van der Waals surface area contributed by atoms with Gasteiger partial charge in [0.15, 0.2) is 0 Å². The van der Waals surface area contributed by atoms with Gasteiger partial charge < -0.3 is 5.73 Å². The van der Waals surface area contributed by atoms with Crippen molar-refractivity contribution < 1.29 is 4.79 Å². The summed E-state index contributed by atoms with van der Waals surface area (Å²) in [5, 5.41) is -0.206. The second kappa shape index (κ2) is 3.28. The Labute approximate surface area is 66.6 Å². The van der Waals surface area contributed by atoms with Gasteiger partial charge in [0, 0.05) is 0 Å². The lowest BCUT2D eigenvalue weighted by Crippen LogP contribution is -2.29. The fourth-order valence-corrected chi connectivity index (χ4v) is 1.80. The van der Waals surface area contributed by atoms with Crippen molar-refractivity contribution in [2.45, 2.75) is 30.9 Å². The van der Waals surface area contributed by atoms with E-state index in [1.54, 1.807) is 0 Å². The predicted octanol–water partition coefficient (Wildman–Crippen LogP) is 0.960. The van der Waals surface area contributed by atoms with Crippen molar-refractivity contribution in [3.8, 4) is 0 Å². The molecule has 1 fully saturated rings. The highest BCUT2D eigenvalue weighted by atomic mass is 32.1. The first-order valence-corrected chi connectivity index (χ1v) is 4.21. The molecular formula is C7H13NOS. The Morgan fingerprint density at radius 2 is 2.00 bits per heavy atom. The van der Waals surface area contributed by atoms with Crippen LogP contribution in [0.15, 0.2) is 0 Å². The SMILES string of the molecule is NC(=O)C(S)C1CCCC1. The zero-order valence-corrected chi connectivity index (χ0v) is 6.81. The first-order valence-electron chi connectivity index (χ1n) is 3.69. The van der Waals surface area contributed by atoms with Crippen LogP contribution in [0.4, 0.5) is 0 Å². The topological polar surface area (TPSA) is 43.1 Å². The molecule has 3 heteroatoms. The molecule has 0 saturated heterocycles. The third kappa shape index (κ3) is 1.66. The van der Waals surface area contributed by atoms with Crippen LogP contribution in [0.25, 0.3) is 0 Å². The van der Waals surface area contributed by atoms with E-state index in [0.29, 0.717) is 5.92 Å². The Bertz CT molecular complexity index is 132. The van der Waals surface area contributed by atoms with Crippen molar-refractivity contribution in [3.05, 3.63) is 0 Å². The van der Waals surface area contributed by atoms with Crippen LogP contribution in [-0.2, 0) is 4.79 Å². The molecule has 0 aromatic heterocycles. The van der Waals surface area contributed by atoms with Gasteiger partial charge in [-0.05, 0) is 18.8 Å². The average Bonchev–Trinajstić information content (AvgIpc) is 2.36. The molecule has 0 bridgehead atoms. The molecule has 2 N–H and O–H groups in total.